The number of piperidine rings is 1. The highest BCUT2D eigenvalue weighted by Gasteiger charge is 2.29. The molecule has 2 aromatic heterocycles. The summed E-state index contributed by atoms with van der Waals surface area (Å²) in [6, 6.07) is 7.89. The van der Waals surface area contributed by atoms with Crippen LogP contribution in [0.5, 0.6) is 5.75 Å². The maximum absolute atomic E-state index is 10.6. The second-order valence-corrected chi connectivity index (χ2v) is 6.62. The van der Waals surface area contributed by atoms with Gasteiger partial charge in [0.2, 0.25) is 0 Å². The number of rotatable bonds is 4. The molecule has 1 aliphatic rings. The molecule has 1 N–H and O–H groups in total. The van der Waals surface area contributed by atoms with Crippen molar-refractivity contribution < 1.29 is 9.84 Å². The molecule has 2 atom stereocenters. The van der Waals surface area contributed by atoms with Gasteiger partial charge in [-0.25, -0.2) is 0 Å². The molecule has 0 unspecified atom stereocenters. The summed E-state index contributed by atoms with van der Waals surface area (Å²) in [4.78, 5) is 6.39. The SMILES string of the molecule is Cn1cc(CN2CC[C@@H](Oc3cccc4cnccc34)[C@H](O)C2)cn1. The Labute approximate surface area is 146 Å². The lowest BCUT2D eigenvalue weighted by molar-refractivity contribution is -0.0268. The third kappa shape index (κ3) is 3.50. The summed E-state index contributed by atoms with van der Waals surface area (Å²) < 4.78 is 7.97. The number of aromatic nitrogens is 3. The Morgan fingerprint density at radius 3 is 3.00 bits per heavy atom. The smallest absolute Gasteiger partial charge is 0.127 e. The Morgan fingerprint density at radius 2 is 2.20 bits per heavy atom. The molecule has 1 aromatic carbocycles. The fourth-order valence-electron chi connectivity index (χ4n) is 3.43. The van der Waals surface area contributed by atoms with Crippen LogP contribution < -0.4 is 4.74 Å². The zero-order chi connectivity index (χ0) is 17.2. The van der Waals surface area contributed by atoms with Crippen LogP contribution in [0.2, 0.25) is 0 Å². The molecule has 1 fully saturated rings. The summed E-state index contributed by atoms with van der Waals surface area (Å²) in [7, 11) is 1.91. The van der Waals surface area contributed by atoms with Crippen molar-refractivity contribution in [2.45, 2.75) is 25.2 Å². The highest BCUT2D eigenvalue weighted by atomic mass is 16.5. The number of hydrogen-bond acceptors (Lipinski definition) is 5. The number of aliphatic hydroxyl groups excluding tert-OH is 1. The number of benzene rings is 1. The molecule has 0 spiro atoms. The Kier molecular flexibility index (Phi) is 4.38. The molecule has 1 saturated heterocycles. The number of hydrogen-bond donors (Lipinski definition) is 1. The minimum absolute atomic E-state index is 0.191. The van der Waals surface area contributed by atoms with Gasteiger partial charge in [-0.2, -0.15) is 5.10 Å². The average Bonchev–Trinajstić information content (AvgIpc) is 3.02. The Bertz CT molecular complexity index is 858. The topological polar surface area (TPSA) is 63.4 Å². The quantitative estimate of drug-likeness (QED) is 0.788. The van der Waals surface area contributed by atoms with Crippen molar-refractivity contribution in [2.75, 3.05) is 13.1 Å². The van der Waals surface area contributed by atoms with Gasteiger partial charge >= 0.3 is 0 Å². The van der Waals surface area contributed by atoms with Gasteiger partial charge in [0, 0.05) is 61.6 Å². The van der Waals surface area contributed by atoms with Crippen molar-refractivity contribution in [1.82, 2.24) is 19.7 Å². The Hall–Kier alpha value is -2.44. The number of ether oxygens (including phenoxy) is 1. The number of β-amino-alcohol motifs (C(OH)–C–C–N with tert-alkyl or cyclic N) is 1. The van der Waals surface area contributed by atoms with Crippen LogP contribution in [-0.4, -0.2) is 50.1 Å². The van der Waals surface area contributed by atoms with Gasteiger partial charge in [0.05, 0.1) is 6.20 Å². The molecule has 1 aliphatic heterocycles. The summed E-state index contributed by atoms with van der Waals surface area (Å²) in [5.74, 6) is 0.810. The first-order valence-electron chi connectivity index (χ1n) is 8.56. The normalized spacial score (nSPS) is 21.5. The summed E-state index contributed by atoms with van der Waals surface area (Å²) >= 11 is 0. The van der Waals surface area contributed by atoms with Gasteiger partial charge in [-0.15, -0.1) is 0 Å². The van der Waals surface area contributed by atoms with Crippen LogP contribution in [0.3, 0.4) is 0 Å². The molecule has 6 heteroatoms. The minimum atomic E-state index is -0.512. The lowest BCUT2D eigenvalue weighted by atomic mass is 10.0. The lowest BCUT2D eigenvalue weighted by Gasteiger charge is -2.35. The van der Waals surface area contributed by atoms with Gasteiger partial charge in [0.25, 0.3) is 0 Å². The summed E-state index contributed by atoms with van der Waals surface area (Å²) in [6.45, 7) is 2.30. The van der Waals surface area contributed by atoms with Gasteiger partial charge < -0.3 is 9.84 Å². The molecule has 6 nitrogen and oxygen atoms in total. The zero-order valence-electron chi connectivity index (χ0n) is 14.2. The minimum Gasteiger partial charge on any atom is -0.487 e. The van der Waals surface area contributed by atoms with Gasteiger partial charge in [0.1, 0.15) is 18.0 Å². The van der Waals surface area contributed by atoms with Gasteiger partial charge in [0.15, 0.2) is 0 Å². The Balaban J connectivity index is 1.42. The van der Waals surface area contributed by atoms with Gasteiger partial charge in [-0.05, 0) is 18.6 Å². The third-order valence-corrected chi connectivity index (χ3v) is 4.69. The molecule has 0 aliphatic carbocycles. The van der Waals surface area contributed by atoms with E-state index in [1.54, 1.807) is 10.9 Å². The van der Waals surface area contributed by atoms with E-state index in [1.165, 1.54) is 0 Å². The summed E-state index contributed by atoms with van der Waals surface area (Å²) in [5.41, 5.74) is 1.16. The van der Waals surface area contributed by atoms with E-state index in [0.29, 0.717) is 6.54 Å². The largest absolute Gasteiger partial charge is 0.487 e. The lowest BCUT2D eigenvalue weighted by Crippen LogP contribution is -2.48. The predicted octanol–water partition coefficient (Wildman–Crippen LogP) is 1.98. The van der Waals surface area contributed by atoms with E-state index < -0.39 is 6.10 Å². The Morgan fingerprint density at radius 1 is 1.28 bits per heavy atom. The molecular weight excluding hydrogens is 316 g/mol. The highest BCUT2D eigenvalue weighted by molar-refractivity contribution is 5.87. The standard InChI is InChI=1S/C19H22N4O2/c1-22-11-14(9-21-22)12-23-8-6-19(17(24)13-23)25-18-4-2-3-15-10-20-7-5-16(15)18/h2-5,7,9-11,17,19,24H,6,8,12-13H2,1H3/t17-,19-/m1/s1. The van der Waals surface area contributed by atoms with Crippen LogP contribution in [0.1, 0.15) is 12.0 Å². The fraction of sp³-hybridized carbons (Fsp3) is 0.368. The van der Waals surface area contributed by atoms with Crippen molar-refractivity contribution >= 4 is 10.8 Å². The predicted molar refractivity (Wildman–Crippen MR) is 95.3 cm³/mol. The van der Waals surface area contributed by atoms with Crippen molar-refractivity contribution in [3.8, 4) is 5.75 Å². The first-order valence-corrected chi connectivity index (χ1v) is 8.56. The highest BCUT2D eigenvalue weighted by Crippen LogP contribution is 2.28. The van der Waals surface area contributed by atoms with Crippen LogP contribution in [-0.2, 0) is 13.6 Å². The van der Waals surface area contributed by atoms with E-state index in [1.807, 2.05) is 49.9 Å². The fourth-order valence-corrected chi connectivity index (χ4v) is 3.43. The number of aryl methyl sites for hydroxylation is 1. The van der Waals surface area contributed by atoms with Crippen molar-refractivity contribution in [3.05, 3.63) is 54.6 Å². The second-order valence-electron chi connectivity index (χ2n) is 6.62. The van der Waals surface area contributed by atoms with E-state index in [4.69, 9.17) is 4.74 Å². The maximum atomic E-state index is 10.6. The average molecular weight is 338 g/mol. The van der Waals surface area contributed by atoms with Crippen LogP contribution >= 0.6 is 0 Å². The van der Waals surface area contributed by atoms with E-state index in [9.17, 15) is 5.11 Å². The maximum Gasteiger partial charge on any atom is 0.127 e. The van der Waals surface area contributed by atoms with Crippen molar-refractivity contribution in [1.29, 1.82) is 0 Å². The molecule has 0 saturated carbocycles. The molecule has 3 heterocycles. The first-order chi connectivity index (χ1) is 12.2. The molecule has 0 radical (unpaired) electrons. The van der Waals surface area contributed by atoms with E-state index in [-0.39, 0.29) is 6.10 Å². The van der Waals surface area contributed by atoms with Crippen molar-refractivity contribution in [2.24, 2.45) is 7.05 Å². The zero-order valence-corrected chi connectivity index (χ0v) is 14.2. The first kappa shape index (κ1) is 16.1. The van der Waals surface area contributed by atoms with E-state index in [0.717, 1.165) is 41.6 Å². The molecule has 4 rings (SSSR count). The second kappa shape index (κ2) is 6.82. The number of aliphatic hydroxyl groups is 1. The van der Waals surface area contributed by atoms with Crippen LogP contribution in [0.4, 0.5) is 0 Å². The molecule has 0 amide bonds. The third-order valence-electron chi connectivity index (χ3n) is 4.69. The number of nitrogens with zero attached hydrogens (tertiary/aromatic N) is 4. The summed E-state index contributed by atoms with van der Waals surface area (Å²) in [6.07, 6.45) is 7.57. The van der Waals surface area contributed by atoms with E-state index in [2.05, 4.69) is 15.0 Å². The monoisotopic (exact) mass is 338 g/mol. The number of pyridine rings is 1. The van der Waals surface area contributed by atoms with Crippen LogP contribution in [0.25, 0.3) is 10.8 Å². The van der Waals surface area contributed by atoms with E-state index >= 15 is 0 Å². The molecule has 25 heavy (non-hydrogen) atoms. The van der Waals surface area contributed by atoms with Gasteiger partial charge in [-0.3, -0.25) is 14.6 Å². The molecule has 0 bridgehead atoms. The number of likely N-dealkylation sites (tertiary alicyclic amines) is 1. The molecule has 130 valence electrons. The van der Waals surface area contributed by atoms with Crippen molar-refractivity contribution in [3.63, 3.8) is 0 Å². The van der Waals surface area contributed by atoms with Crippen LogP contribution in [0.15, 0.2) is 49.1 Å². The molecular formula is C19H22N4O2. The molecule has 3 aromatic rings. The summed E-state index contributed by atoms with van der Waals surface area (Å²) in [5, 5.41) is 16.8. The van der Waals surface area contributed by atoms with Gasteiger partial charge in [-0.1, -0.05) is 12.1 Å². The van der Waals surface area contributed by atoms with Crippen LogP contribution in [0, 0.1) is 0 Å². The number of fused-ring (bicyclic) bond motifs is 1.